The van der Waals surface area contributed by atoms with E-state index in [1.807, 2.05) is 11.8 Å². The number of aromatic nitrogens is 3. The van der Waals surface area contributed by atoms with Gasteiger partial charge in [0.05, 0.1) is 6.54 Å². The number of hydrogen-bond donors (Lipinski definition) is 1. The highest BCUT2D eigenvalue weighted by Gasteiger charge is 2.15. The van der Waals surface area contributed by atoms with Gasteiger partial charge in [0.2, 0.25) is 0 Å². The number of nitrogens with one attached hydrogen (secondary N) is 1. The third-order valence-electron chi connectivity index (χ3n) is 3.44. The first-order valence-electron chi connectivity index (χ1n) is 7.03. The fourth-order valence-electron chi connectivity index (χ4n) is 2.27. The predicted octanol–water partition coefficient (Wildman–Crippen LogP) is 2.24. The van der Waals surface area contributed by atoms with E-state index in [-0.39, 0.29) is 0 Å². The normalized spacial score (nSPS) is 16.6. The summed E-state index contributed by atoms with van der Waals surface area (Å²) in [5, 5.41) is 12.1. The monoisotopic (exact) mass is 268 g/mol. The topological polar surface area (TPSA) is 42.7 Å². The number of rotatable bonds is 7. The summed E-state index contributed by atoms with van der Waals surface area (Å²) in [6.45, 7) is 6.42. The van der Waals surface area contributed by atoms with Crippen LogP contribution in [0.4, 0.5) is 0 Å². The summed E-state index contributed by atoms with van der Waals surface area (Å²) in [5.74, 6) is 4.74. The van der Waals surface area contributed by atoms with Gasteiger partial charge in [-0.25, -0.2) is 0 Å². The lowest BCUT2D eigenvalue weighted by molar-refractivity contribution is 0.475. The van der Waals surface area contributed by atoms with Crippen LogP contribution in [0.3, 0.4) is 0 Å². The minimum atomic E-state index is 0.556. The van der Waals surface area contributed by atoms with E-state index in [9.17, 15) is 0 Å². The molecule has 1 aromatic rings. The highest BCUT2D eigenvalue weighted by atomic mass is 32.2. The third-order valence-corrected chi connectivity index (χ3v) is 4.38. The summed E-state index contributed by atoms with van der Waals surface area (Å²) < 4.78 is 2.30. The van der Waals surface area contributed by atoms with Crippen LogP contribution < -0.4 is 5.32 Å². The van der Waals surface area contributed by atoms with Crippen molar-refractivity contribution in [2.45, 2.75) is 58.7 Å². The van der Waals surface area contributed by atoms with Gasteiger partial charge < -0.3 is 9.88 Å². The predicted molar refractivity (Wildman–Crippen MR) is 76.9 cm³/mol. The van der Waals surface area contributed by atoms with E-state index < -0.39 is 0 Å². The molecule has 1 atom stereocenters. The van der Waals surface area contributed by atoms with Crippen molar-refractivity contribution in [1.82, 2.24) is 20.1 Å². The van der Waals surface area contributed by atoms with Crippen LogP contribution in [0.5, 0.6) is 0 Å². The van der Waals surface area contributed by atoms with Crippen molar-refractivity contribution < 1.29 is 0 Å². The van der Waals surface area contributed by atoms with Gasteiger partial charge in [-0.15, -0.1) is 10.2 Å². The average molecular weight is 268 g/mol. The van der Waals surface area contributed by atoms with E-state index in [0.29, 0.717) is 6.04 Å². The Morgan fingerprint density at radius 3 is 3.11 bits per heavy atom. The largest absolute Gasteiger partial charge is 0.314 e. The molecule has 0 bridgehead atoms. The molecule has 0 radical (unpaired) electrons. The van der Waals surface area contributed by atoms with Gasteiger partial charge >= 0.3 is 0 Å². The molecule has 0 saturated carbocycles. The van der Waals surface area contributed by atoms with Crippen LogP contribution in [-0.2, 0) is 19.5 Å². The molecule has 0 aromatic carbocycles. The smallest absolute Gasteiger partial charge is 0.147 e. The zero-order valence-electron chi connectivity index (χ0n) is 11.5. The SMILES string of the molecule is CCSCCC(C)NCc1nnc2n1CCCC2. The Labute approximate surface area is 114 Å². The summed E-state index contributed by atoms with van der Waals surface area (Å²) in [5.41, 5.74) is 0. The lowest BCUT2D eigenvalue weighted by atomic mass is 10.1. The Kier molecular flexibility index (Phi) is 5.50. The molecular weight excluding hydrogens is 244 g/mol. The standard InChI is InChI=1S/C13H24N4S/c1-3-18-9-7-11(2)14-10-13-16-15-12-6-4-5-8-17(12)13/h11,14H,3-10H2,1-2H3. The van der Waals surface area contributed by atoms with E-state index in [1.165, 1.54) is 36.6 Å². The molecule has 5 heteroatoms. The first-order valence-corrected chi connectivity index (χ1v) is 8.18. The Morgan fingerprint density at radius 2 is 2.28 bits per heavy atom. The second-order valence-electron chi connectivity index (χ2n) is 4.91. The molecule has 1 aliphatic heterocycles. The molecule has 1 aliphatic rings. The summed E-state index contributed by atoms with van der Waals surface area (Å²) in [4.78, 5) is 0. The second kappa shape index (κ2) is 7.14. The van der Waals surface area contributed by atoms with Crippen molar-refractivity contribution in [3.63, 3.8) is 0 Å². The van der Waals surface area contributed by atoms with Gasteiger partial charge in [0, 0.05) is 19.0 Å². The molecule has 102 valence electrons. The fourth-order valence-corrected chi connectivity index (χ4v) is 3.08. The molecule has 0 amide bonds. The number of thioether (sulfide) groups is 1. The fraction of sp³-hybridized carbons (Fsp3) is 0.846. The summed E-state index contributed by atoms with van der Waals surface area (Å²) in [7, 11) is 0. The van der Waals surface area contributed by atoms with Gasteiger partial charge in [0.1, 0.15) is 11.6 Å². The molecule has 0 fully saturated rings. The lowest BCUT2D eigenvalue weighted by Gasteiger charge is -2.17. The zero-order chi connectivity index (χ0) is 12.8. The van der Waals surface area contributed by atoms with Crippen molar-refractivity contribution in [3.8, 4) is 0 Å². The molecule has 0 aliphatic carbocycles. The van der Waals surface area contributed by atoms with Crippen LogP contribution in [0, 0.1) is 0 Å². The Bertz CT molecular complexity index is 364. The van der Waals surface area contributed by atoms with Crippen molar-refractivity contribution >= 4 is 11.8 Å². The zero-order valence-corrected chi connectivity index (χ0v) is 12.3. The van der Waals surface area contributed by atoms with E-state index >= 15 is 0 Å². The minimum Gasteiger partial charge on any atom is -0.314 e. The Balaban J connectivity index is 1.77. The number of aryl methyl sites for hydroxylation is 1. The molecular formula is C13H24N4S. The average Bonchev–Trinajstić information content (AvgIpc) is 2.80. The van der Waals surface area contributed by atoms with Crippen LogP contribution in [-0.4, -0.2) is 32.3 Å². The number of hydrogen-bond acceptors (Lipinski definition) is 4. The molecule has 18 heavy (non-hydrogen) atoms. The van der Waals surface area contributed by atoms with Crippen molar-refractivity contribution in [2.75, 3.05) is 11.5 Å². The molecule has 0 spiro atoms. The molecule has 2 rings (SSSR count). The van der Waals surface area contributed by atoms with Gasteiger partial charge in [0.25, 0.3) is 0 Å². The molecule has 1 aromatic heterocycles. The van der Waals surface area contributed by atoms with Crippen molar-refractivity contribution in [1.29, 1.82) is 0 Å². The van der Waals surface area contributed by atoms with Gasteiger partial charge in [-0.2, -0.15) is 11.8 Å². The number of fused-ring (bicyclic) bond motifs is 1. The van der Waals surface area contributed by atoms with E-state index in [4.69, 9.17) is 0 Å². The van der Waals surface area contributed by atoms with Crippen molar-refractivity contribution in [2.24, 2.45) is 0 Å². The summed E-state index contributed by atoms with van der Waals surface area (Å²) >= 11 is 2.01. The maximum absolute atomic E-state index is 4.31. The third kappa shape index (κ3) is 3.72. The van der Waals surface area contributed by atoms with Crippen LogP contribution in [0.1, 0.15) is 44.8 Å². The maximum Gasteiger partial charge on any atom is 0.147 e. The Hall–Kier alpha value is -0.550. The van der Waals surface area contributed by atoms with Gasteiger partial charge in [-0.3, -0.25) is 0 Å². The van der Waals surface area contributed by atoms with Crippen LogP contribution in [0.25, 0.3) is 0 Å². The first-order chi connectivity index (χ1) is 8.81. The highest BCUT2D eigenvalue weighted by Crippen LogP contribution is 2.14. The molecule has 2 heterocycles. The maximum atomic E-state index is 4.31. The Morgan fingerprint density at radius 1 is 1.39 bits per heavy atom. The van der Waals surface area contributed by atoms with E-state index in [0.717, 1.165) is 25.3 Å². The summed E-state index contributed by atoms with van der Waals surface area (Å²) in [6.07, 6.45) is 4.84. The van der Waals surface area contributed by atoms with Crippen LogP contribution in [0.2, 0.25) is 0 Å². The quantitative estimate of drug-likeness (QED) is 0.770. The molecule has 1 unspecified atom stereocenters. The van der Waals surface area contributed by atoms with Crippen molar-refractivity contribution in [3.05, 3.63) is 11.6 Å². The number of nitrogens with zero attached hydrogens (tertiary/aromatic N) is 3. The second-order valence-corrected chi connectivity index (χ2v) is 6.30. The molecule has 0 saturated heterocycles. The van der Waals surface area contributed by atoms with Gasteiger partial charge in [0.15, 0.2) is 0 Å². The molecule has 4 nitrogen and oxygen atoms in total. The molecule has 1 N–H and O–H groups in total. The summed E-state index contributed by atoms with van der Waals surface area (Å²) in [6, 6.07) is 0.556. The van der Waals surface area contributed by atoms with E-state index in [1.54, 1.807) is 0 Å². The minimum absolute atomic E-state index is 0.556. The van der Waals surface area contributed by atoms with Gasteiger partial charge in [-0.1, -0.05) is 6.92 Å². The van der Waals surface area contributed by atoms with E-state index in [2.05, 4.69) is 33.9 Å². The first kappa shape index (κ1) is 13.9. The highest BCUT2D eigenvalue weighted by molar-refractivity contribution is 7.99. The van der Waals surface area contributed by atoms with Crippen LogP contribution >= 0.6 is 11.8 Å². The van der Waals surface area contributed by atoms with Gasteiger partial charge in [-0.05, 0) is 37.7 Å². The van der Waals surface area contributed by atoms with Crippen LogP contribution in [0.15, 0.2) is 0 Å². The lowest BCUT2D eigenvalue weighted by Crippen LogP contribution is -2.28.